The molecule has 9 nitrogen and oxygen atoms in total. The molecule has 0 aliphatic heterocycles. The number of alkyl carbamates (subject to hydrolysis) is 1. The number of carbonyl (C=O) groups excluding carboxylic acids is 3. The Kier molecular flexibility index (Phi) is 11.9. The van der Waals surface area contributed by atoms with E-state index in [-0.39, 0.29) is 24.5 Å². The van der Waals surface area contributed by atoms with Crippen LogP contribution in [0.3, 0.4) is 0 Å². The number of aliphatic hydroxyl groups excluding tert-OH is 1. The molecule has 0 saturated carbocycles. The minimum atomic E-state index is -1.04. The Morgan fingerprint density at radius 2 is 1.76 bits per heavy atom. The van der Waals surface area contributed by atoms with Crippen LogP contribution in [0, 0.1) is 5.92 Å². The summed E-state index contributed by atoms with van der Waals surface area (Å²) in [6.07, 6.45) is 0.440. The second kappa shape index (κ2) is 13.8. The van der Waals surface area contributed by atoms with E-state index < -0.39 is 41.7 Å². The van der Waals surface area contributed by atoms with Crippen LogP contribution < -0.4 is 16.0 Å². The lowest BCUT2D eigenvalue weighted by Gasteiger charge is -2.28. The van der Waals surface area contributed by atoms with Gasteiger partial charge >= 0.3 is 6.09 Å². The summed E-state index contributed by atoms with van der Waals surface area (Å²) in [6, 6.07) is 4.87. The van der Waals surface area contributed by atoms with Crippen LogP contribution in [0.2, 0.25) is 0 Å². The lowest BCUT2D eigenvalue weighted by Crippen LogP contribution is -2.53. The van der Waals surface area contributed by atoms with E-state index in [0.29, 0.717) is 12.1 Å². The summed E-state index contributed by atoms with van der Waals surface area (Å²) in [5.41, 5.74) is -0.000491. The van der Waals surface area contributed by atoms with Crippen LogP contribution in [-0.4, -0.2) is 58.5 Å². The predicted molar refractivity (Wildman–Crippen MR) is 130 cm³/mol. The molecule has 34 heavy (non-hydrogen) atoms. The van der Waals surface area contributed by atoms with Crippen molar-refractivity contribution in [1.82, 2.24) is 16.0 Å². The number of ether oxygens (including phenoxy) is 1. The van der Waals surface area contributed by atoms with Crippen molar-refractivity contribution in [2.45, 2.75) is 91.0 Å². The van der Waals surface area contributed by atoms with Crippen molar-refractivity contribution in [2.24, 2.45) is 5.92 Å². The third-order valence-electron chi connectivity index (χ3n) is 5.16. The van der Waals surface area contributed by atoms with E-state index in [4.69, 9.17) is 4.74 Å². The summed E-state index contributed by atoms with van der Waals surface area (Å²) in [5.74, 6) is -1.06. The number of unbranched alkanes of at least 4 members (excludes halogenated alkanes) is 1. The Labute approximate surface area is 202 Å². The molecule has 0 fully saturated rings. The van der Waals surface area contributed by atoms with Gasteiger partial charge in [0.1, 0.15) is 17.4 Å². The molecule has 0 radical (unpaired) electrons. The number of hydrogen-bond donors (Lipinski definition) is 5. The molecule has 4 atom stereocenters. The lowest BCUT2D eigenvalue weighted by atomic mass is 9.93. The van der Waals surface area contributed by atoms with E-state index in [1.807, 2.05) is 6.92 Å². The second-order valence-electron chi connectivity index (χ2n) is 9.71. The highest BCUT2D eigenvalue weighted by atomic mass is 16.6. The van der Waals surface area contributed by atoms with E-state index in [2.05, 4.69) is 16.0 Å². The highest BCUT2D eigenvalue weighted by Gasteiger charge is 2.28. The van der Waals surface area contributed by atoms with E-state index in [0.717, 1.165) is 12.8 Å². The van der Waals surface area contributed by atoms with E-state index in [1.54, 1.807) is 45.9 Å². The van der Waals surface area contributed by atoms with Gasteiger partial charge in [0.2, 0.25) is 11.8 Å². The first kappa shape index (κ1) is 29.2. The summed E-state index contributed by atoms with van der Waals surface area (Å²) in [5, 5.41) is 28.8. The summed E-state index contributed by atoms with van der Waals surface area (Å²) in [4.78, 5) is 37.1. The van der Waals surface area contributed by atoms with Crippen LogP contribution >= 0.6 is 0 Å². The highest BCUT2D eigenvalue weighted by Crippen LogP contribution is 2.17. The molecule has 0 spiro atoms. The van der Waals surface area contributed by atoms with Gasteiger partial charge in [0.15, 0.2) is 0 Å². The topological polar surface area (TPSA) is 137 Å². The number of aliphatic hydroxyl groups is 1. The SMILES string of the molecule is CCCCNC(=O)[C@H](C)C[C@H](O)[C@H](Cc1cccc(O)c1)NC(=O)[C@H](C)NC(=O)OC(C)(C)C. The van der Waals surface area contributed by atoms with Crippen molar-refractivity contribution in [3.05, 3.63) is 29.8 Å². The smallest absolute Gasteiger partial charge is 0.408 e. The third kappa shape index (κ3) is 11.4. The fraction of sp³-hybridized carbons (Fsp3) is 0.640. The fourth-order valence-corrected chi connectivity index (χ4v) is 3.27. The van der Waals surface area contributed by atoms with Gasteiger partial charge in [0.05, 0.1) is 12.1 Å². The first-order chi connectivity index (χ1) is 15.8. The molecule has 0 aliphatic rings. The van der Waals surface area contributed by atoms with Crippen LogP contribution in [-0.2, 0) is 20.7 Å². The maximum atomic E-state index is 12.8. The lowest BCUT2D eigenvalue weighted by molar-refractivity contribution is -0.126. The van der Waals surface area contributed by atoms with Gasteiger partial charge in [-0.3, -0.25) is 9.59 Å². The zero-order valence-electron chi connectivity index (χ0n) is 21.2. The number of amides is 3. The van der Waals surface area contributed by atoms with Gasteiger partial charge in [0, 0.05) is 12.5 Å². The largest absolute Gasteiger partial charge is 0.508 e. The molecular formula is C25H41N3O6. The molecule has 0 aliphatic carbocycles. The quantitative estimate of drug-likeness (QED) is 0.292. The number of phenols is 1. The van der Waals surface area contributed by atoms with Crippen molar-refractivity contribution >= 4 is 17.9 Å². The molecular weight excluding hydrogens is 438 g/mol. The van der Waals surface area contributed by atoms with Gasteiger partial charge < -0.3 is 30.9 Å². The van der Waals surface area contributed by atoms with E-state index in [9.17, 15) is 24.6 Å². The number of carbonyl (C=O) groups is 3. The summed E-state index contributed by atoms with van der Waals surface area (Å²) in [6.45, 7) is 11.0. The van der Waals surface area contributed by atoms with Crippen molar-refractivity contribution < 1.29 is 29.3 Å². The molecule has 192 valence electrons. The second-order valence-corrected chi connectivity index (χ2v) is 9.71. The maximum Gasteiger partial charge on any atom is 0.408 e. The molecule has 0 bridgehead atoms. The standard InChI is InChI=1S/C25H41N3O6/c1-7-8-12-26-22(31)16(2)13-21(30)20(15-18-10-9-11-19(29)14-18)28-23(32)17(3)27-24(33)34-25(4,5)6/h9-11,14,16-17,20-21,29-30H,7-8,12-13,15H2,1-6H3,(H,26,31)(H,27,33)(H,28,32)/t16-,17+,20+,21+/m1/s1. The first-order valence-corrected chi connectivity index (χ1v) is 11.9. The van der Waals surface area contributed by atoms with Gasteiger partial charge in [-0.1, -0.05) is 32.4 Å². The van der Waals surface area contributed by atoms with Crippen molar-refractivity contribution in [3.63, 3.8) is 0 Å². The van der Waals surface area contributed by atoms with Crippen LogP contribution in [0.15, 0.2) is 24.3 Å². The zero-order chi connectivity index (χ0) is 25.9. The average Bonchev–Trinajstić information content (AvgIpc) is 2.71. The van der Waals surface area contributed by atoms with Crippen LogP contribution in [0.1, 0.15) is 66.4 Å². The van der Waals surface area contributed by atoms with Gasteiger partial charge in [0.25, 0.3) is 0 Å². The number of nitrogens with one attached hydrogen (secondary N) is 3. The number of rotatable bonds is 12. The summed E-state index contributed by atoms with van der Waals surface area (Å²) < 4.78 is 5.19. The van der Waals surface area contributed by atoms with Crippen molar-refractivity contribution in [1.29, 1.82) is 0 Å². The molecule has 5 N–H and O–H groups in total. The number of benzene rings is 1. The predicted octanol–water partition coefficient (Wildman–Crippen LogP) is 2.64. The molecule has 1 rings (SSSR count). The van der Waals surface area contributed by atoms with Crippen LogP contribution in [0.25, 0.3) is 0 Å². The van der Waals surface area contributed by atoms with Gasteiger partial charge in [-0.05, 0) is 64.7 Å². The van der Waals surface area contributed by atoms with Gasteiger partial charge in [-0.15, -0.1) is 0 Å². The Balaban J connectivity index is 2.88. The minimum Gasteiger partial charge on any atom is -0.508 e. The molecule has 0 heterocycles. The van der Waals surface area contributed by atoms with Gasteiger partial charge in [-0.25, -0.2) is 4.79 Å². The fourth-order valence-electron chi connectivity index (χ4n) is 3.27. The number of hydrogen-bond acceptors (Lipinski definition) is 6. The van der Waals surface area contributed by atoms with Crippen molar-refractivity contribution in [3.8, 4) is 5.75 Å². The molecule has 1 aromatic carbocycles. The Hall–Kier alpha value is -2.81. The zero-order valence-corrected chi connectivity index (χ0v) is 21.2. The normalized spacial score (nSPS) is 14.9. The van der Waals surface area contributed by atoms with Crippen LogP contribution in [0.5, 0.6) is 5.75 Å². The Morgan fingerprint density at radius 3 is 2.35 bits per heavy atom. The van der Waals surface area contributed by atoms with Gasteiger partial charge in [-0.2, -0.15) is 0 Å². The molecule has 1 aromatic rings. The molecule has 0 aromatic heterocycles. The summed E-state index contributed by atoms with van der Waals surface area (Å²) >= 11 is 0. The Bertz CT molecular complexity index is 808. The minimum absolute atomic E-state index is 0.0701. The van der Waals surface area contributed by atoms with Crippen LogP contribution in [0.4, 0.5) is 4.79 Å². The number of aromatic hydroxyl groups is 1. The Morgan fingerprint density at radius 1 is 1.09 bits per heavy atom. The molecule has 0 unspecified atom stereocenters. The molecule has 3 amide bonds. The molecule has 9 heteroatoms. The third-order valence-corrected chi connectivity index (χ3v) is 5.16. The van der Waals surface area contributed by atoms with Crippen molar-refractivity contribution in [2.75, 3.05) is 6.54 Å². The monoisotopic (exact) mass is 479 g/mol. The number of phenolic OH excluding ortho intramolecular Hbond substituents is 1. The van der Waals surface area contributed by atoms with E-state index in [1.165, 1.54) is 13.0 Å². The summed E-state index contributed by atoms with van der Waals surface area (Å²) in [7, 11) is 0. The highest BCUT2D eigenvalue weighted by molar-refractivity contribution is 5.85. The maximum absolute atomic E-state index is 12.8. The first-order valence-electron chi connectivity index (χ1n) is 11.9. The molecule has 0 saturated heterocycles. The van der Waals surface area contributed by atoms with E-state index >= 15 is 0 Å². The average molecular weight is 480 g/mol.